The van der Waals surface area contributed by atoms with Crippen molar-refractivity contribution in [2.24, 2.45) is 0 Å². The zero-order valence-corrected chi connectivity index (χ0v) is 13.9. The largest absolute Gasteiger partial charge is 0.454 e. The van der Waals surface area contributed by atoms with Gasteiger partial charge in [-0.05, 0) is 36.1 Å². The number of nitrogens with zero attached hydrogens (tertiary/aromatic N) is 1. The maximum Gasteiger partial charge on any atom is 0.272 e. The molecule has 0 aromatic heterocycles. The number of rotatable bonds is 4. The summed E-state index contributed by atoms with van der Waals surface area (Å²) in [5.41, 5.74) is 2.16. The predicted molar refractivity (Wildman–Crippen MR) is 88.5 cm³/mol. The predicted octanol–water partition coefficient (Wildman–Crippen LogP) is 6.13. The van der Waals surface area contributed by atoms with Crippen LogP contribution in [-0.2, 0) is 0 Å². The third-order valence-electron chi connectivity index (χ3n) is 3.29. The summed E-state index contributed by atoms with van der Waals surface area (Å²) in [5, 5.41) is 11.0. The molecule has 2 aromatic carbocycles. The zero-order valence-electron chi connectivity index (χ0n) is 12.4. The van der Waals surface area contributed by atoms with Gasteiger partial charge in [0.05, 0.1) is 15.0 Å². The summed E-state index contributed by atoms with van der Waals surface area (Å²) in [6.45, 7) is 6.22. The molecular weight excluding hydrogens is 325 g/mol. The Balaban J connectivity index is 2.39. The van der Waals surface area contributed by atoms with E-state index in [9.17, 15) is 10.1 Å². The highest BCUT2D eigenvalue weighted by Crippen LogP contribution is 2.40. The molecule has 0 bridgehead atoms. The van der Waals surface area contributed by atoms with Crippen LogP contribution in [0.5, 0.6) is 11.5 Å². The smallest absolute Gasteiger partial charge is 0.272 e. The number of aryl methyl sites for hydroxylation is 1. The van der Waals surface area contributed by atoms with Crippen LogP contribution in [0.3, 0.4) is 0 Å². The molecule has 0 radical (unpaired) electrons. The maximum absolute atomic E-state index is 10.8. The van der Waals surface area contributed by atoms with Crippen LogP contribution in [0.2, 0.25) is 10.0 Å². The quantitative estimate of drug-likeness (QED) is 0.497. The summed E-state index contributed by atoms with van der Waals surface area (Å²) in [6.07, 6.45) is 0. The molecule has 0 N–H and O–H groups in total. The van der Waals surface area contributed by atoms with Gasteiger partial charge in [0, 0.05) is 12.1 Å². The molecule has 0 heterocycles. The number of non-ortho nitro benzene ring substituents is 1. The lowest BCUT2D eigenvalue weighted by Crippen LogP contribution is -1.95. The lowest BCUT2D eigenvalue weighted by Gasteiger charge is -2.14. The molecule has 0 saturated heterocycles. The summed E-state index contributed by atoms with van der Waals surface area (Å²) in [6, 6.07) is 8.14. The van der Waals surface area contributed by atoms with Gasteiger partial charge in [0.15, 0.2) is 5.75 Å². The van der Waals surface area contributed by atoms with E-state index in [4.69, 9.17) is 27.9 Å². The van der Waals surface area contributed by atoms with E-state index in [1.165, 1.54) is 17.7 Å². The molecule has 4 nitrogen and oxygen atoms in total. The van der Waals surface area contributed by atoms with Crippen molar-refractivity contribution in [3.8, 4) is 11.5 Å². The molecule has 0 unspecified atom stereocenters. The third kappa shape index (κ3) is 3.51. The van der Waals surface area contributed by atoms with Crippen molar-refractivity contribution in [3.05, 3.63) is 61.6 Å². The Bertz CT molecular complexity index is 706. The lowest BCUT2D eigenvalue weighted by molar-refractivity contribution is -0.384. The van der Waals surface area contributed by atoms with Crippen LogP contribution in [0.15, 0.2) is 30.3 Å². The molecule has 0 aliphatic heterocycles. The second kappa shape index (κ2) is 6.55. The molecular formula is C16H15Cl2NO3. The summed E-state index contributed by atoms with van der Waals surface area (Å²) in [5.74, 6) is 1.16. The van der Waals surface area contributed by atoms with Crippen molar-refractivity contribution in [1.82, 2.24) is 0 Å². The fraction of sp³-hybridized carbons (Fsp3) is 0.250. The second-order valence-electron chi connectivity index (χ2n) is 5.27. The van der Waals surface area contributed by atoms with Gasteiger partial charge in [-0.15, -0.1) is 0 Å². The number of nitro groups is 1. The first-order chi connectivity index (χ1) is 10.3. The Kier molecular flexibility index (Phi) is 4.94. The van der Waals surface area contributed by atoms with Gasteiger partial charge in [-0.3, -0.25) is 10.1 Å². The average molecular weight is 340 g/mol. The number of halogens is 2. The molecule has 2 aromatic rings. The monoisotopic (exact) mass is 339 g/mol. The van der Waals surface area contributed by atoms with Crippen molar-refractivity contribution in [2.75, 3.05) is 0 Å². The zero-order chi connectivity index (χ0) is 16.4. The first-order valence-corrected chi connectivity index (χ1v) is 7.47. The van der Waals surface area contributed by atoms with Crippen LogP contribution in [-0.4, -0.2) is 4.92 Å². The lowest BCUT2D eigenvalue weighted by atomic mass is 9.98. The summed E-state index contributed by atoms with van der Waals surface area (Å²) >= 11 is 12.1. The summed E-state index contributed by atoms with van der Waals surface area (Å²) < 4.78 is 5.73. The average Bonchev–Trinajstić information content (AvgIpc) is 2.43. The van der Waals surface area contributed by atoms with Gasteiger partial charge in [0.2, 0.25) is 0 Å². The Morgan fingerprint density at radius 3 is 2.23 bits per heavy atom. The van der Waals surface area contributed by atoms with Gasteiger partial charge in [-0.25, -0.2) is 0 Å². The van der Waals surface area contributed by atoms with Gasteiger partial charge in [0.1, 0.15) is 5.75 Å². The maximum atomic E-state index is 10.8. The normalized spacial score (nSPS) is 10.8. The fourth-order valence-corrected chi connectivity index (χ4v) is 2.72. The summed E-state index contributed by atoms with van der Waals surface area (Å²) in [7, 11) is 0. The van der Waals surface area contributed by atoms with Crippen molar-refractivity contribution in [1.29, 1.82) is 0 Å². The van der Waals surface area contributed by atoms with Gasteiger partial charge >= 0.3 is 0 Å². The van der Waals surface area contributed by atoms with Crippen LogP contribution in [0.1, 0.15) is 30.9 Å². The standard InChI is InChI=1S/C16H15Cl2NO3/c1-9(2)13-8-12(5-4-10(13)3)22-16-14(17)6-11(19(20)21)7-15(16)18/h4-9H,1-3H3. The molecule has 0 aliphatic rings. The Hall–Kier alpha value is -1.78. The van der Waals surface area contributed by atoms with Crippen LogP contribution >= 0.6 is 23.2 Å². The number of hydrogen-bond acceptors (Lipinski definition) is 3. The Morgan fingerprint density at radius 1 is 1.14 bits per heavy atom. The van der Waals surface area contributed by atoms with Crippen molar-refractivity contribution in [2.45, 2.75) is 26.7 Å². The van der Waals surface area contributed by atoms with E-state index in [0.717, 1.165) is 5.56 Å². The minimum Gasteiger partial charge on any atom is -0.454 e. The Labute approximate surface area is 138 Å². The first kappa shape index (κ1) is 16.6. The number of hydrogen-bond donors (Lipinski definition) is 0. The van der Waals surface area contributed by atoms with E-state index < -0.39 is 4.92 Å². The van der Waals surface area contributed by atoms with Gasteiger partial charge in [0.25, 0.3) is 5.69 Å². The second-order valence-corrected chi connectivity index (χ2v) is 6.09. The molecule has 0 amide bonds. The molecule has 22 heavy (non-hydrogen) atoms. The highest BCUT2D eigenvalue weighted by atomic mass is 35.5. The molecule has 0 atom stereocenters. The molecule has 116 valence electrons. The van der Waals surface area contributed by atoms with E-state index in [1.807, 2.05) is 25.1 Å². The number of benzene rings is 2. The van der Waals surface area contributed by atoms with Crippen molar-refractivity contribution in [3.63, 3.8) is 0 Å². The van der Waals surface area contributed by atoms with Crippen molar-refractivity contribution < 1.29 is 9.66 Å². The van der Waals surface area contributed by atoms with Gasteiger partial charge in [-0.2, -0.15) is 0 Å². The molecule has 0 aliphatic carbocycles. The van der Waals surface area contributed by atoms with Crippen LogP contribution in [0.25, 0.3) is 0 Å². The van der Waals surface area contributed by atoms with E-state index in [1.54, 1.807) is 0 Å². The van der Waals surface area contributed by atoms with Crippen LogP contribution in [0.4, 0.5) is 5.69 Å². The number of nitro benzene ring substituents is 1. The highest BCUT2D eigenvalue weighted by Gasteiger charge is 2.17. The summed E-state index contributed by atoms with van der Waals surface area (Å²) in [4.78, 5) is 10.2. The van der Waals surface area contributed by atoms with Crippen molar-refractivity contribution >= 4 is 28.9 Å². The molecule has 0 saturated carbocycles. The highest BCUT2D eigenvalue weighted by molar-refractivity contribution is 6.37. The van der Waals surface area contributed by atoms with Crippen LogP contribution < -0.4 is 4.74 Å². The third-order valence-corrected chi connectivity index (χ3v) is 3.85. The minimum atomic E-state index is -0.551. The van der Waals surface area contributed by atoms with E-state index in [0.29, 0.717) is 11.7 Å². The molecule has 6 heteroatoms. The van der Waals surface area contributed by atoms with E-state index in [2.05, 4.69) is 13.8 Å². The van der Waals surface area contributed by atoms with Gasteiger partial charge in [-0.1, -0.05) is 43.1 Å². The number of ether oxygens (including phenoxy) is 1. The molecule has 0 fully saturated rings. The van der Waals surface area contributed by atoms with E-state index >= 15 is 0 Å². The topological polar surface area (TPSA) is 52.4 Å². The molecule has 2 rings (SSSR count). The van der Waals surface area contributed by atoms with Crippen LogP contribution in [0, 0.1) is 17.0 Å². The first-order valence-electron chi connectivity index (χ1n) is 6.71. The molecule has 0 spiro atoms. The minimum absolute atomic E-state index is 0.103. The SMILES string of the molecule is Cc1ccc(Oc2c(Cl)cc([N+](=O)[O-])cc2Cl)cc1C(C)C. The fourth-order valence-electron chi connectivity index (χ4n) is 2.17. The Morgan fingerprint density at radius 2 is 1.73 bits per heavy atom. The van der Waals surface area contributed by atoms with E-state index in [-0.39, 0.29) is 21.5 Å². The van der Waals surface area contributed by atoms with Gasteiger partial charge < -0.3 is 4.74 Å².